The number of aromatic nitrogens is 2. The highest BCUT2D eigenvalue weighted by molar-refractivity contribution is 8.13. The van der Waals surface area contributed by atoms with Crippen molar-refractivity contribution in [1.29, 1.82) is 0 Å². The van der Waals surface area contributed by atoms with Crippen molar-refractivity contribution in [2.45, 2.75) is 56.6 Å². The van der Waals surface area contributed by atoms with Crippen molar-refractivity contribution >= 4 is 25.6 Å². The lowest BCUT2D eigenvalue weighted by molar-refractivity contribution is -0.122. The van der Waals surface area contributed by atoms with Crippen molar-refractivity contribution in [3.63, 3.8) is 0 Å². The third-order valence-corrected chi connectivity index (χ3v) is 4.66. The zero-order valence-corrected chi connectivity index (χ0v) is 12.9. The van der Waals surface area contributed by atoms with Crippen LogP contribution in [0.25, 0.3) is 0 Å². The fraction of sp³-hybridized carbons (Fsp3) is 0.667. The second-order valence-corrected chi connectivity index (χ2v) is 7.61. The van der Waals surface area contributed by atoms with Gasteiger partial charge in [0.05, 0.1) is 0 Å². The number of hydrogen-bond acceptors (Lipinski definition) is 4. The minimum atomic E-state index is -3.86. The van der Waals surface area contributed by atoms with Gasteiger partial charge in [-0.05, 0) is 19.8 Å². The monoisotopic (exact) mass is 319 g/mol. The minimum Gasteiger partial charge on any atom is -0.352 e. The van der Waals surface area contributed by atoms with Gasteiger partial charge in [0.2, 0.25) is 5.91 Å². The van der Waals surface area contributed by atoms with Crippen molar-refractivity contribution in [2.75, 3.05) is 0 Å². The number of rotatable bonds is 4. The molecule has 0 radical (unpaired) electrons. The summed E-state index contributed by atoms with van der Waals surface area (Å²) in [5.74, 6) is 0.318. The maximum atomic E-state index is 11.9. The third kappa shape index (κ3) is 3.96. The van der Waals surface area contributed by atoms with E-state index in [9.17, 15) is 13.2 Å². The number of nitrogens with zero attached hydrogens (tertiary/aromatic N) is 2. The molecule has 0 saturated heterocycles. The molecule has 20 heavy (non-hydrogen) atoms. The molecule has 8 heteroatoms. The van der Waals surface area contributed by atoms with Crippen LogP contribution in [0.5, 0.6) is 0 Å². The molecule has 1 amide bonds. The van der Waals surface area contributed by atoms with Crippen molar-refractivity contribution < 1.29 is 13.2 Å². The van der Waals surface area contributed by atoms with Crippen LogP contribution in [0.1, 0.15) is 37.9 Å². The summed E-state index contributed by atoms with van der Waals surface area (Å²) in [6.07, 6.45) is 6.82. The number of nitrogens with one attached hydrogen (secondary N) is 1. The molecular weight excluding hydrogens is 302 g/mol. The van der Waals surface area contributed by atoms with E-state index < -0.39 is 9.05 Å². The summed E-state index contributed by atoms with van der Waals surface area (Å²) in [5.41, 5.74) is 0. The van der Waals surface area contributed by atoms with E-state index in [1.165, 1.54) is 17.2 Å². The summed E-state index contributed by atoms with van der Waals surface area (Å²) < 4.78 is 23.9. The number of hydrogen-bond donors (Lipinski definition) is 1. The van der Waals surface area contributed by atoms with E-state index in [-0.39, 0.29) is 23.5 Å². The van der Waals surface area contributed by atoms with Crippen LogP contribution in [0, 0.1) is 6.92 Å². The van der Waals surface area contributed by atoms with E-state index in [0.717, 1.165) is 25.7 Å². The average molecular weight is 320 g/mol. The first-order valence-electron chi connectivity index (χ1n) is 6.64. The summed E-state index contributed by atoms with van der Waals surface area (Å²) in [6.45, 7) is 1.70. The second-order valence-electron chi connectivity index (χ2n) is 5.09. The molecule has 1 N–H and O–H groups in total. The Hall–Kier alpha value is -1.08. The average Bonchev–Trinajstić information content (AvgIpc) is 2.72. The van der Waals surface area contributed by atoms with Crippen molar-refractivity contribution in [2.24, 2.45) is 0 Å². The van der Waals surface area contributed by atoms with Crippen molar-refractivity contribution in [1.82, 2.24) is 14.9 Å². The van der Waals surface area contributed by atoms with Gasteiger partial charge in [0.15, 0.2) is 5.03 Å². The quantitative estimate of drug-likeness (QED) is 0.854. The lowest BCUT2D eigenvalue weighted by atomic mass is 9.95. The number of amides is 1. The highest BCUT2D eigenvalue weighted by Crippen LogP contribution is 2.17. The summed E-state index contributed by atoms with van der Waals surface area (Å²) in [4.78, 5) is 15.8. The first-order valence-corrected chi connectivity index (χ1v) is 8.95. The SMILES string of the molecule is Cc1nc(S(=O)(=O)Cl)cn1CC(=O)NC1CCCCC1. The molecule has 0 spiro atoms. The molecule has 1 aromatic rings. The molecule has 0 unspecified atom stereocenters. The van der Waals surface area contributed by atoms with Crippen LogP contribution < -0.4 is 5.32 Å². The van der Waals surface area contributed by atoms with E-state index in [1.807, 2.05) is 0 Å². The summed E-state index contributed by atoms with van der Waals surface area (Å²) in [7, 11) is 1.37. The lowest BCUT2D eigenvalue weighted by Crippen LogP contribution is -2.38. The van der Waals surface area contributed by atoms with Gasteiger partial charge >= 0.3 is 0 Å². The Bertz CT molecular complexity index is 591. The van der Waals surface area contributed by atoms with E-state index in [1.54, 1.807) is 6.92 Å². The highest BCUT2D eigenvalue weighted by atomic mass is 35.7. The van der Waals surface area contributed by atoms with Gasteiger partial charge in [-0.2, -0.15) is 0 Å². The Balaban J connectivity index is 1.99. The van der Waals surface area contributed by atoms with Gasteiger partial charge in [0.25, 0.3) is 9.05 Å². The first-order chi connectivity index (χ1) is 9.36. The summed E-state index contributed by atoms with van der Waals surface area (Å²) >= 11 is 0. The molecule has 1 fully saturated rings. The molecule has 2 rings (SSSR count). The molecular formula is C12H18ClN3O3S. The van der Waals surface area contributed by atoms with Crippen LogP contribution in [-0.4, -0.2) is 29.9 Å². The first kappa shape index (κ1) is 15.3. The normalized spacial score (nSPS) is 17.1. The van der Waals surface area contributed by atoms with Crippen LogP contribution in [0.4, 0.5) is 0 Å². The molecule has 1 heterocycles. The molecule has 0 aromatic carbocycles. The molecule has 1 aliphatic rings. The maximum absolute atomic E-state index is 11.9. The predicted octanol–water partition coefficient (Wildman–Crippen LogP) is 1.57. The van der Waals surface area contributed by atoms with E-state index in [0.29, 0.717) is 5.82 Å². The number of carbonyl (C=O) groups excluding carboxylic acids is 1. The molecule has 0 bridgehead atoms. The van der Waals surface area contributed by atoms with Crippen LogP contribution in [0.2, 0.25) is 0 Å². The summed E-state index contributed by atoms with van der Waals surface area (Å²) in [6, 6.07) is 0.233. The van der Waals surface area contributed by atoms with Gasteiger partial charge in [-0.3, -0.25) is 4.79 Å². The topological polar surface area (TPSA) is 81.1 Å². The lowest BCUT2D eigenvalue weighted by Gasteiger charge is -2.22. The smallest absolute Gasteiger partial charge is 0.280 e. The van der Waals surface area contributed by atoms with Crippen molar-refractivity contribution in [3.8, 4) is 0 Å². The maximum Gasteiger partial charge on any atom is 0.280 e. The van der Waals surface area contributed by atoms with Gasteiger partial charge in [-0.1, -0.05) is 19.3 Å². The molecule has 6 nitrogen and oxygen atoms in total. The molecule has 0 aliphatic heterocycles. The number of imidazole rings is 1. The van der Waals surface area contributed by atoms with E-state index >= 15 is 0 Å². The predicted molar refractivity (Wildman–Crippen MR) is 75.0 cm³/mol. The number of carbonyl (C=O) groups is 1. The Morgan fingerprint density at radius 3 is 2.65 bits per heavy atom. The Morgan fingerprint density at radius 1 is 1.45 bits per heavy atom. The summed E-state index contributed by atoms with van der Waals surface area (Å²) in [5, 5.41) is 2.75. The van der Waals surface area contributed by atoms with Gasteiger partial charge in [0, 0.05) is 22.9 Å². The highest BCUT2D eigenvalue weighted by Gasteiger charge is 2.19. The molecule has 112 valence electrons. The van der Waals surface area contributed by atoms with E-state index in [2.05, 4.69) is 10.3 Å². The Labute approximate surface area is 122 Å². The Morgan fingerprint density at radius 2 is 2.10 bits per heavy atom. The van der Waals surface area contributed by atoms with Gasteiger partial charge in [-0.15, -0.1) is 0 Å². The molecule has 0 atom stereocenters. The Kier molecular flexibility index (Phi) is 4.70. The van der Waals surface area contributed by atoms with Crippen LogP contribution >= 0.6 is 10.7 Å². The van der Waals surface area contributed by atoms with E-state index in [4.69, 9.17) is 10.7 Å². The van der Waals surface area contributed by atoms with Gasteiger partial charge < -0.3 is 9.88 Å². The minimum absolute atomic E-state index is 0.0573. The van der Waals surface area contributed by atoms with Crippen LogP contribution in [0.15, 0.2) is 11.2 Å². The fourth-order valence-corrected chi connectivity index (χ4v) is 3.15. The number of aryl methyl sites for hydroxylation is 1. The van der Waals surface area contributed by atoms with Crippen LogP contribution in [-0.2, 0) is 20.4 Å². The molecule has 1 aliphatic carbocycles. The molecule has 1 saturated carbocycles. The second kappa shape index (κ2) is 6.13. The largest absolute Gasteiger partial charge is 0.352 e. The standard InChI is InChI=1S/C12H18ClN3O3S/c1-9-14-12(20(13,18)19)8-16(9)7-11(17)15-10-5-3-2-4-6-10/h8,10H,2-7H2,1H3,(H,15,17). The van der Waals surface area contributed by atoms with Crippen LogP contribution in [0.3, 0.4) is 0 Å². The molecule has 1 aromatic heterocycles. The van der Waals surface area contributed by atoms with Gasteiger partial charge in [0.1, 0.15) is 12.4 Å². The fourth-order valence-electron chi connectivity index (χ4n) is 2.43. The zero-order valence-electron chi connectivity index (χ0n) is 11.3. The van der Waals surface area contributed by atoms with Gasteiger partial charge in [-0.25, -0.2) is 13.4 Å². The third-order valence-electron chi connectivity index (χ3n) is 3.49. The zero-order chi connectivity index (χ0) is 14.8. The van der Waals surface area contributed by atoms with Crippen molar-refractivity contribution in [3.05, 3.63) is 12.0 Å². The number of halogens is 1.